The lowest BCUT2D eigenvalue weighted by molar-refractivity contribution is -0.120. The van der Waals surface area contributed by atoms with E-state index in [1.807, 2.05) is 13.1 Å². The van der Waals surface area contributed by atoms with Crippen LogP contribution in [0.2, 0.25) is 0 Å². The minimum atomic E-state index is 0.0141. The van der Waals surface area contributed by atoms with Crippen LogP contribution in [0.15, 0.2) is 41.7 Å². The van der Waals surface area contributed by atoms with Crippen LogP contribution in [-0.2, 0) is 11.3 Å². The number of carbonyl (C=O) groups excluding carboxylic acids is 1. The van der Waals surface area contributed by atoms with Gasteiger partial charge in [0.05, 0.1) is 0 Å². The molecule has 6 heteroatoms. The van der Waals surface area contributed by atoms with Crippen molar-refractivity contribution >= 4 is 11.7 Å². The van der Waals surface area contributed by atoms with Crippen molar-refractivity contribution in [3.63, 3.8) is 0 Å². The number of benzene rings is 1. The van der Waals surface area contributed by atoms with E-state index in [1.165, 1.54) is 5.56 Å². The normalized spacial score (nSPS) is 21.3. The number of likely N-dealkylation sites (N-methyl/N-ethyl adjacent to an activating group) is 1. The van der Waals surface area contributed by atoms with E-state index in [4.69, 9.17) is 5.41 Å². The Labute approximate surface area is 155 Å². The quantitative estimate of drug-likeness (QED) is 0.557. The standard InChI is InChI=1S/C20H29N5O/c1-22-20-17(10-11-18(26)23-20)19(21)24(2)16-9-6-12-25(14-16)13-15-7-4-3-5-8-15/h3-5,7-8,16,21-22H,6,9-14H2,1-2H3,(H,23,26)/t16-/m0/s1. The van der Waals surface area contributed by atoms with E-state index in [9.17, 15) is 4.79 Å². The van der Waals surface area contributed by atoms with Crippen LogP contribution in [0, 0.1) is 5.41 Å². The lowest BCUT2D eigenvalue weighted by Crippen LogP contribution is -2.49. The van der Waals surface area contributed by atoms with E-state index < -0.39 is 0 Å². The summed E-state index contributed by atoms with van der Waals surface area (Å²) in [6.07, 6.45) is 3.30. The van der Waals surface area contributed by atoms with Gasteiger partial charge in [0.1, 0.15) is 11.7 Å². The summed E-state index contributed by atoms with van der Waals surface area (Å²) in [5, 5.41) is 14.6. The Hall–Kier alpha value is -2.34. The lowest BCUT2D eigenvalue weighted by atomic mass is 10.00. The van der Waals surface area contributed by atoms with Gasteiger partial charge in [-0.3, -0.25) is 15.1 Å². The number of hydrogen-bond donors (Lipinski definition) is 3. The summed E-state index contributed by atoms with van der Waals surface area (Å²) in [5.74, 6) is 1.20. The van der Waals surface area contributed by atoms with Crippen LogP contribution < -0.4 is 10.6 Å². The molecule has 0 spiro atoms. The second-order valence-electron chi connectivity index (χ2n) is 7.13. The molecule has 2 aliphatic rings. The number of carbonyl (C=O) groups is 1. The van der Waals surface area contributed by atoms with Crippen molar-refractivity contribution in [3.8, 4) is 0 Å². The molecule has 1 aromatic carbocycles. The van der Waals surface area contributed by atoms with Crippen molar-refractivity contribution in [2.45, 2.75) is 38.3 Å². The molecule has 2 aliphatic heterocycles. The molecule has 6 nitrogen and oxygen atoms in total. The number of rotatable bonds is 5. The summed E-state index contributed by atoms with van der Waals surface area (Å²) in [7, 11) is 3.80. The molecule has 0 aromatic heterocycles. The van der Waals surface area contributed by atoms with E-state index in [0.717, 1.165) is 38.0 Å². The van der Waals surface area contributed by atoms with Crippen molar-refractivity contribution in [3.05, 3.63) is 47.3 Å². The number of amides is 1. The number of amidine groups is 1. The summed E-state index contributed by atoms with van der Waals surface area (Å²) in [6.45, 7) is 3.02. The van der Waals surface area contributed by atoms with Crippen LogP contribution in [0.4, 0.5) is 0 Å². The van der Waals surface area contributed by atoms with Crippen molar-refractivity contribution in [1.82, 2.24) is 20.4 Å². The molecule has 3 N–H and O–H groups in total. The van der Waals surface area contributed by atoms with E-state index in [-0.39, 0.29) is 5.91 Å². The fraction of sp³-hybridized carbons (Fsp3) is 0.500. The summed E-state index contributed by atoms with van der Waals surface area (Å²) in [4.78, 5) is 16.2. The van der Waals surface area contributed by atoms with Gasteiger partial charge in [0, 0.05) is 45.2 Å². The monoisotopic (exact) mass is 355 g/mol. The average molecular weight is 355 g/mol. The van der Waals surface area contributed by atoms with Gasteiger partial charge in [-0.1, -0.05) is 30.3 Å². The molecule has 0 saturated carbocycles. The Balaban J connectivity index is 1.66. The smallest absolute Gasteiger partial charge is 0.225 e. The highest BCUT2D eigenvalue weighted by Crippen LogP contribution is 2.22. The topological polar surface area (TPSA) is 71.5 Å². The highest BCUT2D eigenvalue weighted by Gasteiger charge is 2.28. The van der Waals surface area contributed by atoms with Gasteiger partial charge in [-0.15, -0.1) is 0 Å². The summed E-state index contributed by atoms with van der Waals surface area (Å²) < 4.78 is 0. The largest absolute Gasteiger partial charge is 0.374 e. The van der Waals surface area contributed by atoms with E-state index >= 15 is 0 Å². The van der Waals surface area contributed by atoms with Crippen molar-refractivity contribution in [1.29, 1.82) is 5.41 Å². The number of hydrogen-bond acceptors (Lipinski definition) is 4. The first-order valence-corrected chi connectivity index (χ1v) is 9.37. The van der Waals surface area contributed by atoms with Gasteiger partial charge in [0.2, 0.25) is 5.91 Å². The SMILES string of the molecule is CNC1=C(C(=N)N(C)[C@H]2CCCN(Cc3ccccc3)C2)CCC(=O)N1. The maximum Gasteiger partial charge on any atom is 0.225 e. The van der Waals surface area contributed by atoms with Crippen molar-refractivity contribution in [2.75, 3.05) is 27.2 Å². The molecule has 140 valence electrons. The van der Waals surface area contributed by atoms with Crippen LogP contribution >= 0.6 is 0 Å². The maximum absolute atomic E-state index is 11.6. The minimum absolute atomic E-state index is 0.0141. The number of nitrogens with one attached hydrogen (secondary N) is 3. The summed E-state index contributed by atoms with van der Waals surface area (Å²) >= 11 is 0. The Morgan fingerprint density at radius 3 is 2.85 bits per heavy atom. The first kappa shape index (κ1) is 18.5. The zero-order chi connectivity index (χ0) is 18.5. The molecule has 0 unspecified atom stereocenters. The zero-order valence-electron chi connectivity index (χ0n) is 15.7. The second-order valence-corrected chi connectivity index (χ2v) is 7.13. The van der Waals surface area contributed by atoms with Gasteiger partial charge in [-0.25, -0.2) is 0 Å². The van der Waals surface area contributed by atoms with Gasteiger partial charge in [-0.2, -0.15) is 0 Å². The van der Waals surface area contributed by atoms with Gasteiger partial charge < -0.3 is 15.5 Å². The van der Waals surface area contributed by atoms with Crippen molar-refractivity contribution < 1.29 is 4.79 Å². The molecule has 0 aliphatic carbocycles. The molecule has 1 amide bonds. The first-order chi connectivity index (χ1) is 12.6. The van der Waals surface area contributed by atoms with Crippen LogP contribution in [0.3, 0.4) is 0 Å². The molecular formula is C20H29N5O. The van der Waals surface area contributed by atoms with E-state index in [1.54, 1.807) is 7.05 Å². The number of likely N-dealkylation sites (tertiary alicyclic amines) is 1. The minimum Gasteiger partial charge on any atom is -0.374 e. The molecule has 0 bridgehead atoms. The third kappa shape index (κ3) is 4.25. The van der Waals surface area contributed by atoms with Crippen molar-refractivity contribution in [2.24, 2.45) is 0 Å². The second kappa shape index (κ2) is 8.36. The molecular weight excluding hydrogens is 326 g/mol. The Morgan fingerprint density at radius 2 is 2.12 bits per heavy atom. The highest BCUT2D eigenvalue weighted by atomic mass is 16.1. The molecule has 2 heterocycles. The third-order valence-electron chi connectivity index (χ3n) is 5.33. The molecule has 1 atom stereocenters. The number of nitrogens with zero attached hydrogens (tertiary/aromatic N) is 2. The van der Waals surface area contributed by atoms with E-state index in [0.29, 0.717) is 30.5 Å². The van der Waals surface area contributed by atoms with Gasteiger partial charge in [0.25, 0.3) is 0 Å². The Morgan fingerprint density at radius 1 is 1.35 bits per heavy atom. The van der Waals surface area contributed by atoms with Gasteiger partial charge >= 0.3 is 0 Å². The summed E-state index contributed by atoms with van der Waals surface area (Å²) in [6, 6.07) is 10.9. The lowest BCUT2D eigenvalue weighted by Gasteiger charge is -2.39. The fourth-order valence-electron chi connectivity index (χ4n) is 3.82. The molecule has 26 heavy (non-hydrogen) atoms. The molecule has 1 aromatic rings. The predicted molar refractivity (Wildman–Crippen MR) is 104 cm³/mol. The molecule has 3 rings (SSSR count). The van der Waals surface area contributed by atoms with Gasteiger partial charge in [0.15, 0.2) is 0 Å². The first-order valence-electron chi connectivity index (χ1n) is 9.37. The summed E-state index contributed by atoms with van der Waals surface area (Å²) in [5.41, 5.74) is 2.23. The van der Waals surface area contributed by atoms with Crippen LogP contribution in [-0.4, -0.2) is 54.8 Å². The van der Waals surface area contributed by atoms with Crippen LogP contribution in [0.5, 0.6) is 0 Å². The van der Waals surface area contributed by atoms with Crippen LogP contribution in [0.25, 0.3) is 0 Å². The Bertz CT molecular complexity index is 685. The Kier molecular flexibility index (Phi) is 5.93. The fourth-order valence-corrected chi connectivity index (χ4v) is 3.82. The zero-order valence-corrected chi connectivity index (χ0v) is 15.7. The average Bonchev–Trinajstić information content (AvgIpc) is 2.67. The maximum atomic E-state index is 11.6. The predicted octanol–water partition coefficient (Wildman–Crippen LogP) is 1.90. The molecule has 1 saturated heterocycles. The van der Waals surface area contributed by atoms with Gasteiger partial charge in [-0.05, 0) is 31.4 Å². The number of piperidine rings is 1. The van der Waals surface area contributed by atoms with Crippen LogP contribution in [0.1, 0.15) is 31.2 Å². The van der Waals surface area contributed by atoms with E-state index in [2.05, 4.69) is 44.7 Å². The molecule has 1 fully saturated rings. The third-order valence-corrected chi connectivity index (χ3v) is 5.33. The highest BCUT2D eigenvalue weighted by molar-refractivity contribution is 5.99. The molecule has 0 radical (unpaired) electrons.